The zero-order chi connectivity index (χ0) is 15.9. The van der Waals surface area contributed by atoms with E-state index < -0.39 is 16.1 Å². The Morgan fingerprint density at radius 3 is 2.52 bits per heavy atom. The lowest BCUT2D eigenvalue weighted by Gasteiger charge is -2.12. The topological polar surface area (TPSA) is 75.3 Å². The Kier molecular flexibility index (Phi) is 6.87. The molecule has 21 heavy (non-hydrogen) atoms. The maximum Gasteiger partial charge on any atom is 0.237 e. The summed E-state index contributed by atoms with van der Waals surface area (Å²) in [5.41, 5.74) is 0.702. The van der Waals surface area contributed by atoms with Crippen LogP contribution in [0.3, 0.4) is 0 Å². The van der Waals surface area contributed by atoms with Crippen LogP contribution in [0.2, 0.25) is 5.02 Å². The molecular weight excluding hydrogens is 312 g/mol. The van der Waals surface area contributed by atoms with E-state index in [1.165, 1.54) is 13.0 Å². The van der Waals surface area contributed by atoms with Crippen molar-refractivity contribution in [3.63, 3.8) is 0 Å². The molecule has 0 aliphatic heterocycles. The van der Waals surface area contributed by atoms with Gasteiger partial charge in [-0.15, -0.1) is 0 Å². The first-order valence-electron chi connectivity index (χ1n) is 6.58. The molecule has 1 atom stereocenters. The largest absolute Gasteiger partial charge is 0.355 e. The zero-order valence-electron chi connectivity index (χ0n) is 12.0. The third-order valence-corrected chi connectivity index (χ3v) is 4.02. The van der Waals surface area contributed by atoms with Crippen molar-refractivity contribution in [2.24, 2.45) is 0 Å². The summed E-state index contributed by atoms with van der Waals surface area (Å²) in [7, 11) is -3.68. The fourth-order valence-corrected chi connectivity index (χ4v) is 2.62. The molecule has 0 radical (unpaired) electrons. The molecule has 0 fully saturated rings. The summed E-state index contributed by atoms with van der Waals surface area (Å²) < 4.78 is 26.0. The number of hydrogen-bond acceptors (Lipinski definition) is 3. The Bertz CT molecular complexity index is 597. The summed E-state index contributed by atoms with van der Waals surface area (Å²) in [6, 6.07) is 5.92. The number of rotatable bonds is 7. The van der Waals surface area contributed by atoms with Crippen molar-refractivity contribution in [3.05, 3.63) is 40.3 Å². The van der Waals surface area contributed by atoms with Crippen LogP contribution in [0.5, 0.6) is 0 Å². The van der Waals surface area contributed by atoms with Crippen LogP contribution in [-0.2, 0) is 14.8 Å². The fraction of sp³-hybridized carbons (Fsp3) is 0.357. The number of nitrogens with one attached hydrogen (secondary N) is 2. The van der Waals surface area contributed by atoms with Gasteiger partial charge in [-0.25, -0.2) is 8.42 Å². The first-order chi connectivity index (χ1) is 9.84. The minimum absolute atomic E-state index is 0.347. The number of amides is 1. The van der Waals surface area contributed by atoms with Crippen LogP contribution >= 0.6 is 11.6 Å². The van der Waals surface area contributed by atoms with Gasteiger partial charge in [-0.3, -0.25) is 4.79 Å². The molecule has 0 unspecified atom stereocenters. The van der Waals surface area contributed by atoms with Crippen molar-refractivity contribution in [3.8, 4) is 0 Å². The van der Waals surface area contributed by atoms with E-state index >= 15 is 0 Å². The molecule has 7 heteroatoms. The molecule has 0 saturated heterocycles. The summed E-state index contributed by atoms with van der Waals surface area (Å²) in [5, 5.41) is 4.24. The Hall–Kier alpha value is -1.37. The fourth-order valence-electron chi connectivity index (χ4n) is 1.48. The Labute approximate surface area is 130 Å². The molecule has 0 bridgehead atoms. The molecule has 1 rings (SSSR count). The van der Waals surface area contributed by atoms with Crippen molar-refractivity contribution in [1.29, 1.82) is 0 Å². The van der Waals surface area contributed by atoms with Gasteiger partial charge in [0.2, 0.25) is 15.9 Å². The van der Waals surface area contributed by atoms with Gasteiger partial charge < -0.3 is 5.32 Å². The number of halogens is 1. The first kappa shape index (κ1) is 17.7. The highest BCUT2D eigenvalue weighted by Crippen LogP contribution is 2.11. The van der Waals surface area contributed by atoms with E-state index in [1.807, 2.05) is 6.92 Å². The molecule has 0 heterocycles. The summed E-state index contributed by atoms with van der Waals surface area (Å²) >= 11 is 5.75. The van der Waals surface area contributed by atoms with Crippen LogP contribution in [0.4, 0.5) is 0 Å². The molecule has 1 amide bonds. The highest BCUT2D eigenvalue weighted by Gasteiger charge is 2.17. The summed E-state index contributed by atoms with van der Waals surface area (Å²) in [5.74, 6) is -0.347. The SMILES string of the molecule is CCCNC(=O)[C@H](C)NS(=O)(=O)/C=C/c1ccc(Cl)cc1. The van der Waals surface area contributed by atoms with Crippen LogP contribution in [-0.4, -0.2) is 26.9 Å². The van der Waals surface area contributed by atoms with E-state index in [2.05, 4.69) is 10.0 Å². The van der Waals surface area contributed by atoms with E-state index in [1.54, 1.807) is 24.3 Å². The lowest BCUT2D eigenvalue weighted by atomic mass is 10.2. The van der Waals surface area contributed by atoms with Gasteiger partial charge in [-0.05, 0) is 37.1 Å². The second-order valence-corrected chi connectivity index (χ2v) is 6.56. The second-order valence-electron chi connectivity index (χ2n) is 4.53. The average Bonchev–Trinajstić information content (AvgIpc) is 2.43. The monoisotopic (exact) mass is 330 g/mol. The number of carbonyl (C=O) groups excluding carboxylic acids is 1. The number of carbonyl (C=O) groups is 1. The molecule has 1 aromatic carbocycles. The predicted octanol–water partition coefficient (Wildman–Crippen LogP) is 2.14. The molecule has 0 aromatic heterocycles. The van der Waals surface area contributed by atoms with Crippen LogP contribution in [0.25, 0.3) is 6.08 Å². The van der Waals surface area contributed by atoms with Crippen molar-refractivity contribution < 1.29 is 13.2 Å². The molecule has 116 valence electrons. The zero-order valence-corrected chi connectivity index (χ0v) is 13.5. The van der Waals surface area contributed by atoms with Crippen molar-refractivity contribution in [1.82, 2.24) is 10.0 Å². The predicted molar refractivity (Wildman–Crippen MR) is 85.3 cm³/mol. The molecule has 0 aliphatic rings. The van der Waals surface area contributed by atoms with Crippen LogP contribution < -0.4 is 10.0 Å². The van der Waals surface area contributed by atoms with Crippen molar-refractivity contribution in [2.75, 3.05) is 6.54 Å². The molecule has 0 saturated carbocycles. The van der Waals surface area contributed by atoms with Crippen molar-refractivity contribution >= 4 is 33.6 Å². The van der Waals surface area contributed by atoms with E-state index in [4.69, 9.17) is 11.6 Å². The summed E-state index contributed by atoms with van der Waals surface area (Å²) in [6.45, 7) is 3.94. The van der Waals surface area contributed by atoms with Gasteiger partial charge in [0.1, 0.15) is 0 Å². The highest BCUT2D eigenvalue weighted by atomic mass is 35.5. The average molecular weight is 331 g/mol. The normalized spacial score (nSPS) is 13.3. The van der Waals surface area contributed by atoms with Gasteiger partial charge in [-0.2, -0.15) is 4.72 Å². The smallest absolute Gasteiger partial charge is 0.237 e. The molecule has 0 aliphatic carbocycles. The van der Waals surface area contributed by atoms with Gasteiger partial charge in [0.05, 0.1) is 6.04 Å². The maximum absolute atomic E-state index is 11.9. The number of hydrogen-bond donors (Lipinski definition) is 2. The van der Waals surface area contributed by atoms with Crippen molar-refractivity contribution in [2.45, 2.75) is 26.3 Å². The third kappa shape index (κ3) is 6.75. The van der Waals surface area contributed by atoms with Gasteiger partial charge in [-0.1, -0.05) is 30.7 Å². The summed E-state index contributed by atoms with van der Waals surface area (Å²) in [4.78, 5) is 11.6. The maximum atomic E-state index is 11.9. The standard InChI is InChI=1S/C14H19ClN2O3S/c1-3-9-16-14(18)11(2)17-21(19,20)10-8-12-4-6-13(15)7-5-12/h4-8,10-11,17H,3,9H2,1-2H3,(H,16,18)/b10-8+/t11-/m0/s1. The van der Waals surface area contributed by atoms with Crippen LogP contribution in [0.15, 0.2) is 29.7 Å². The highest BCUT2D eigenvalue weighted by molar-refractivity contribution is 7.92. The lowest BCUT2D eigenvalue weighted by Crippen LogP contribution is -2.44. The van der Waals surface area contributed by atoms with E-state index in [0.29, 0.717) is 17.1 Å². The van der Waals surface area contributed by atoms with E-state index in [9.17, 15) is 13.2 Å². The van der Waals surface area contributed by atoms with Gasteiger partial charge in [0, 0.05) is 17.0 Å². The second kappa shape index (κ2) is 8.17. The molecule has 0 spiro atoms. The Balaban J connectivity index is 2.64. The Morgan fingerprint density at radius 2 is 1.95 bits per heavy atom. The molecular formula is C14H19ClN2O3S. The first-order valence-corrected chi connectivity index (χ1v) is 8.50. The number of sulfonamides is 1. The number of benzene rings is 1. The molecule has 2 N–H and O–H groups in total. The summed E-state index contributed by atoms with van der Waals surface area (Å²) in [6.07, 6.45) is 2.23. The quantitative estimate of drug-likeness (QED) is 0.804. The van der Waals surface area contributed by atoms with E-state index in [0.717, 1.165) is 11.8 Å². The van der Waals surface area contributed by atoms with Gasteiger partial charge >= 0.3 is 0 Å². The van der Waals surface area contributed by atoms with Gasteiger partial charge in [0.15, 0.2) is 0 Å². The molecule has 5 nitrogen and oxygen atoms in total. The lowest BCUT2D eigenvalue weighted by molar-refractivity contribution is -0.122. The minimum atomic E-state index is -3.68. The third-order valence-electron chi connectivity index (χ3n) is 2.59. The van der Waals surface area contributed by atoms with Crippen LogP contribution in [0, 0.1) is 0 Å². The molecule has 1 aromatic rings. The van der Waals surface area contributed by atoms with Gasteiger partial charge in [0.25, 0.3) is 0 Å². The van der Waals surface area contributed by atoms with E-state index in [-0.39, 0.29) is 5.91 Å². The minimum Gasteiger partial charge on any atom is -0.355 e. The Morgan fingerprint density at radius 1 is 1.33 bits per heavy atom. The van der Waals surface area contributed by atoms with Crippen LogP contribution in [0.1, 0.15) is 25.8 Å².